The Morgan fingerprint density at radius 3 is 2.57 bits per heavy atom. The molecule has 1 aliphatic rings. The zero-order chi connectivity index (χ0) is 16.4. The quantitative estimate of drug-likeness (QED) is 0.804. The van der Waals surface area contributed by atoms with E-state index in [1.54, 1.807) is 6.20 Å². The summed E-state index contributed by atoms with van der Waals surface area (Å²) in [6.45, 7) is 10.9. The fraction of sp³-hybridized carbons (Fsp3) is 0.222. The standard InChI is InChI=1S/C18H18BrN3O/c1-13-14(2)20-7-6-17(13)21-8-10-22(11-9-21)18(23)15-4-3-5-16(19)12-15/h3-7,12H,1-2,8-11H2. The molecule has 0 saturated carbocycles. The fourth-order valence-corrected chi connectivity index (χ4v) is 3.17. The van der Waals surface area contributed by atoms with Gasteiger partial charge >= 0.3 is 0 Å². The van der Waals surface area contributed by atoms with Crippen LogP contribution in [-0.4, -0.2) is 42.0 Å². The maximum Gasteiger partial charge on any atom is 0.254 e. The molecule has 3 rings (SSSR count). The number of halogens is 1. The largest absolute Gasteiger partial charge is 0.367 e. The minimum Gasteiger partial charge on any atom is -0.367 e. The summed E-state index contributed by atoms with van der Waals surface area (Å²) in [4.78, 5) is 20.9. The van der Waals surface area contributed by atoms with Crippen LogP contribution < -0.4 is 15.5 Å². The van der Waals surface area contributed by atoms with Gasteiger partial charge < -0.3 is 9.80 Å². The van der Waals surface area contributed by atoms with Crippen molar-refractivity contribution in [3.63, 3.8) is 0 Å². The van der Waals surface area contributed by atoms with Crippen LogP contribution >= 0.6 is 15.9 Å². The Balaban J connectivity index is 1.71. The van der Waals surface area contributed by atoms with Crippen LogP contribution in [0.4, 0.5) is 5.69 Å². The molecule has 2 heterocycles. The van der Waals surface area contributed by atoms with Crippen LogP contribution in [-0.2, 0) is 0 Å². The number of hydrogen-bond acceptors (Lipinski definition) is 3. The first-order valence-corrected chi connectivity index (χ1v) is 8.28. The lowest BCUT2D eigenvalue weighted by Crippen LogP contribution is -2.50. The lowest BCUT2D eigenvalue weighted by Gasteiger charge is -2.36. The molecule has 5 heteroatoms. The van der Waals surface area contributed by atoms with Crippen LogP contribution in [0.25, 0.3) is 13.2 Å². The fourth-order valence-electron chi connectivity index (χ4n) is 2.77. The van der Waals surface area contributed by atoms with E-state index in [2.05, 4.69) is 39.0 Å². The number of pyridine rings is 1. The molecule has 1 saturated heterocycles. The molecule has 2 aromatic rings. The average molecular weight is 372 g/mol. The van der Waals surface area contributed by atoms with Crippen LogP contribution in [0, 0.1) is 0 Å². The van der Waals surface area contributed by atoms with E-state index >= 15 is 0 Å². The first-order chi connectivity index (χ1) is 11.1. The van der Waals surface area contributed by atoms with Crippen molar-refractivity contribution in [2.45, 2.75) is 0 Å². The number of carbonyl (C=O) groups excluding carboxylic acids is 1. The minimum atomic E-state index is 0.0772. The second-order valence-electron chi connectivity index (χ2n) is 5.54. The van der Waals surface area contributed by atoms with Crippen LogP contribution in [0.3, 0.4) is 0 Å². The maximum atomic E-state index is 12.6. The van der Waals surface area contributed by atoms with E-state index in [4.69, 9.17) is 0 Å². The molecule has 23 heavy (non-hydrogen) atoms. The van der Waals surface area contributed by atoms with Crippen molar-refractivity contribution < 1.29 is 4.79 Å². The van der Waals surface area contributed by atoms with E-state index in [1.165, 1.54) is 0 Å². The summed E-state index contributed by atoms with van der Waals surface area (Å²) in [6.07, 6.45) is 1.76. The first kappa shape index (κ1) is 15.7. The van der Waals surface area contributed by atoms with Crippen molar-refractivity contribution in [3.8, 4) is 0 Å². The van der Waals surface area contributed by atoms with E-state index in [0.29, 0.717) is 18.4 Å². The van der Waals surface area contributed by atoms with Gasteiger partial charge in [-0.05, 0) is 24.3 Å². The van der Waals surface area contributed by atoms with Crippen LogP contribution in [0.2, 0.25) is 0 Å². The van der Waals surface area contributed by atoms with E-state index in [0.717, 1.165) is 34.0 Å². The number of piperazine rings is 1. The molecule has 118 valence electrons. The predicted molar refractivity (Wildman–Crippen MR) is 96.8 cm³/mol. The van der Waals surface area contributed by atoms with Gasteiger partial charge in [0, 0.05) is 53.3 Å². The minimum absolute atomic E-state index is 0.0772. The van der Waals surface area contributed by atoms with Crippen molar-refractivity contribution >= 4 is 40.7 Å². The number of anilines is 1. The highest BCUT2D eigenvalue weighted by Gasteiger charge is 2.22. The predicted octanol–water partition coefficient (Wildman–Crippen LogP) is 1.63. The molecular formula is C18H18BrN3O. The van der Waals surface area contributed by atoms with Crippen molar-refractivity contribution in [2.75, 3.05) is 31.1 Å². The number of carbonyl (C=O) groups is 1. The zero-order valence-electron chi connectivity index (χ0n) is 12.8. The Morgan fingerprint density at radius 2 is 1.87 bits per heavy atom. The molecule has 1 aromatic heterocycles. The molecule has 1 fully saturated rings. The molecule has 0 radical (unpaired) electrons. The molecular weight excluding hydrogens is 354 g/mol. The Hall–Kier alpha value is -2.14. The van der Waals surface area contributed by atoms with Crippen LogP contribution in [0.15, 0.2) is 41.0 Å². The van der Waals surface area contributed by atoms with Crippen molar-refractivity contribution in [2.24, 2.45) is 0 Å². The Bertz CT molecular complexity index is 828. The van der Waals surface area contributed by atoms with Gasteiger partial charge in [0.05, 0.1) is 5.35 Å². The highest BCUT2D eigenvalue weighted by Crippen LogP contribution is 2.16. The molecule has 1 amide bonds. The summed E-state index contributed by atoms with van der Waals surface area (Å²) < 4.78 is 0.920. The van der Waals surface area contributed by atoms with Gasteiger partial charge in [-0.1, -0.05) is 35.2 Å². The second kappa shape index (κ2) is 6.54. The van der Waals surface area contributed by atoms with Gasteiger partial charge in [-0.2, -0.15) is 0 Å². The van der Waals surface area contributed by atoms with Gasteiger partial charge in [-0.25, -0.2) is 0 Å². The van der Waals surface area contributed by atoms with Crippen LogP contribution in [0.5, 0.6) is 0 Å². The Labute approximate surface area is 143 Å². The third-order valence-electron chi connectivity index (χ3n) is 4.10. The Kier molecular flexibility index (Phi) is 4.48. The number of amides is 1. The summed E-state index contributed by atoms with van der Waals surface area (Å²) in [7, 11) is 0. The molecule has 1 aromatic carbocycles. The molecule has 0 aliphatic carbocycles. The van der Waals surface area contributed by atoms with Crippen LogP contribution in [0.1, 0.15) is 10.4 Å². The van der Waals surface area contributed by atoms with Crippen molar-refractivity contribution in [1.29, 1.82) is 0 Å². The summed E-state index contributed by atoms with van der Waals surface area (Å²) in [5.74, 6) is 0.0772. The zero-order valence-corrected chi connectivity index (χ0v) is 14.4. The van der Waals surface area contributed by atoms with Crippen molar-refractivity contribution in [1.82, 2.24) is 9.88 Å². The lowest BCUT2D eigenvalue weighted by molar-refractivity contribution is 0.0746. The second-order valence-corrected chi connectivity index (χ2v) is 6.46. The molecule has 0 N–H and O–H groups in total. The number of aromatic nitrogens is 1. The summed E-state index contributed by atoms with van der Waals surface area (Å²) in [5.41, 5.74) is 1.77. The monoisotopic (exact) mass is 371 g/mol. The molecule has 0 spiro atoms. The molecule has 0 unspecified atom stereocenters. The number of benzene rings is 1. The van der Waals surface area contributed by atoms with E-state index in [1.807, 2.05) is 35.2 Å². The average Bonchev–Trinajstić information content (AvgIpc) is 2.57. The van der Waals surface area contributed by atoms with E-state index in [9.17, 15) is 4.79 Å². The molecule has 0 atom stereocenters. The smallest absolute Gasteiger partial charge is 0.254 e. The van der Waals surface area contributed by atoms with E-state index < -0.39 is 0 Å². The number of nitrogens with zero attached hydrogens (tertiary/aromatic N) is 3. The summed E-state index contributed by atoms with van der Waals surface area (Å²) in [6, 6.07) is 9.48. The maximum absolute atomic E-state index is 12.6. The topological polar surface area (TPSA) is 36.4 Å². The highest BCUT2D eigenvalue weighted by atomic mass is 79.9. The van der Waals surface area contributed by atoms with Gasteiger partial charge in [-0.3, -0.25) is 9.78 Å². The SMILES string of the molecule is C=c1nccc(N2CCN(C(=O)c3cccc(Br)c3)CC2)c1=C. The summed E-state index contributed by atoms with van der Waals surface area (Å²) in [5, 5.41) is 1.56. The number of rotatable bonds is 2. The third-order valence-corrected chi connectivity index (χ3v) is 4.59. The first-order valence-electron chi connectivity index (χ1n) is 7.49. The normalized spacial score (nSPS) is 14.8. The number of hydrogen-bond donors (Lipinski definition) is 0. The molecule has 4 nitrogen and oxygen atoms in total. The Morgan fingerprint density at radius 1 is 1.13 bits per heavy atom. The van der Waals surface area contributed by atoms with Gasteiger partial charge in [0.25, 0.3) is 5.91 Å². The third kappa shape index (κ3) is 3.29. The molecule has 1 aliphatic heterocycles. The van der Waals surface area contributed by atoms with Gasteiger partial charge in [0.15, 0.2) is 0 Å². The highest BCUT2D eigenvalue weighted by molar-refractivity contribution is 9.10. The van der Waals surface area contributed by atoms with Gasteiger partial charge in [-0.15, -0.1) is 0 Å². The van der Waals surface area contributed by atoms with Gasteiger partial charge in [0.1, 0.15) is 0 Å². The lowest BCUT2D eigenvalue weighted by atomic mass is 10.1. The molecule has 0 bridgehead atoms. The van der Waals surface area contributed by atoms with Crippen molar-refractivity contribution in [3.05, 3.63) is 57.1 Å². The van der Waals surface area contributed by atoms with Gasteiger partial charge in [0.2, 0.25) is 0 Å². The summed E-state index contributed by atoms with van der Waals surface area (Å²) >= 11 is 3.41. The van der Waals surface area contributed by atoms with E-state index in [-0.39, 0.29) is 5.91 Å².